The van der Waals surface area contributed by atoms with Crippen molar-refractivity contribution in [2.45, 2.75) is 25.3 Å². The number of hydrogen-bond acceptors (Lipinski definition) is 4. The van der Waals surface area contributed by atoms with Gasteiger partial charge in [0.15, 0.2) is 0 Å². The highest BCUT2D eigenvalue weighted by atomic mass is 32.2. The van der Waals surface area contributed by atoms with Gasteiger partial charge < -0.3 is 10.3 Å². The van der Waals surface area contributed by atoms with Crippen LogP contribution in [0.1, 0.15) is 30.3 Å². The number of rotatable bonds is 8. The van der Waals surface area contributed by atoms with E-state index in [0.717, 1.165) is 34.6 Å². The fraction of sp³-hybridized carbons (Fsp3) is 0.316. The van der Waals surface area contributed by atoms with Gasteiger partial charge in [0.05, 0.1) is 17.1 Å². The van der Waals surface area contributed by atoms with E-state index in [9.17, 15) is 4.79 Å². The monoisotopic (exact) mass is 354 g/mol. The minimum atomic E-state index is -0.0961. The predicted molar refractivity (Wildman–Crippen MR) is 103 cm³/mol. The van der Waals surface area contributed by atoms with E-state index in [2.05, 4.69) is 26.5 Å². The van der Waals surface area contributed by atoms with Gasteiger partial charge >= 0.3 is 0 Å². The molecule has 0 spiro atoms. The molecule has 6 heteroatoms. The molecule has 3 aromatic rings. The highest BCUT2D eigenvalue weighted by molar-refractivity contribution is 7.98. The van der Waals surface area contributed by atoms with E-state index in [-0.39, 0.29) is 11.9 Å². The van der Waals surface area contributed by atoms with Gasteiger partial charge in [0.2, 0.25) is 5.91 Å². The lowest BCUT2D eigenvalue weighted by Crippen LogP contribution is -2.30. The molecule has 1 aromatic carbocycles. The molecule has 0 saturated carbocycles. The number of hydrogen-bond donors (Lipinski definition) is 2. The number of thioether (sulfide) groups is 1. The van der Waals surface area contributed by atoms with E-state index in [1.165, 1.54) is 0 Å². The van der Waals surface area contributed by atoms with E-state index in [1.54, 1.807) is 24.2 Å². The van der Waals surface area contributed by atoms with Crippen molar-refractivity contribution in [3.63, 3.8) is 0 Å². The van der Waals surface area contributed by atoms with Crippen molar-refractivity contribution in [1.82, 2.24) is 20.3 Å². The van der Waals surface area contributed by atoms with E-state index in [4.69, 9.17) is 0 Å². The van der Waals surface area contributed by atoms with Gasteiger partial charge in [-0.1, -0.05) is 18.2 Å². The molecule has 1 unspecified atom stereocenters. The molecular formula is C19H22N4OS. The van der Waals surface area contributed by atoms with Crippen LogP contribution in [0.3, 0.4) is 0 Å². The standard InChI is InChI=1S/C19H22N4OS/c1-25-12-10-17(19-22-15-6-2-3-7-16(15)23-19)21-18(24)9-8-14-5-4-11-20-13-14/h2-7,11,13,17H,8-10,12H2,1H3,(H,21,24)(H,22,23). The van der Waals surface area contributed by atoms with Gasteiger partial charge in [-0.2, -0.15) is 11.8 Å². The number of aromatic amines is 1. The van der Waals surface area contributed by atoms with Crippen LogP contribution >= 0.6 is 11.8 Å². The topological polar surface area (TPSA) is 70.7 Å². The molecule has 1 amide bonds. The first-order chi connectivity index (χ1) is 12.3. The number of aromatic nitrogens is 3. The van der Waals surface area contributed by atoms with Crippen molar-refractivity contribution in [3.05, 3.63) is 60.2 Å². The van der Waals surface area contributed by atoms with Gasteiger partial charge in [-0.25, -0.2) is 4.98 Å². The van der Waals surface area contributed by atoms with Crippen LogP contribution in [-0.2, 0) is 11.2 Å². The molecule has 0 aliphatic rings. The molecule has 2 heterocycles. The lowest BCUT2D eigenvalue weighted by molar-refractivity contribution is -0.121. The molecule has 5 nitrogen and oxygen atoms in total. The van der Waals surface area contributed by atoms with Gasteiger partial charge in [-0.3, -0.25) is 9.78 Å². The predicted octanol–water partition coefficient (Wildman–Crippen LogP) is 3.50. The van der Waals surface area contributed by atoms with Crippen molar-refractivity contribution < 1.29 is 4.79 Å². The Morgan fingerprint density at radius 3 is 2.92 bits per heavy atom. The number of para-hydroxylation sites is 2. The largest absolute Gasteiger partial charge is 0.346 e. The number of H-pyrrole nitrogens is 1. The van der Waals surface area contributed by atoms with Crippen molar-refractivity contribution >= 4 is 28.7 Å². The number of carbonyl (C=O) groups is 1. The van der Waals surface area contributed by atoms with Crippen LogP contribution in [0.15, 0.2) is 48.8 Å². The summed E-state index contributed by atoms with van der Waals surface area (Å²) in [6.07, 6.45) is 7.59. The molecule has 2 aromatic heterocycles. The fourth-order valence-corrected chi connectivity index (χ4v) is 3.19. The maximum atomic E-state index is 12.4. The summed E-state index contributed by atoms with van der Waals surface area (Å²) in [5.74, 6) is 1.82. The molecule has 0 aliphatic heterocycles. The number of nitrogens with one attached hydrogen (secondary N) is 2. The third-order valence-corrected chi connectivity index (χ3v) is 4.69. The average molecular weight is 354 g/mol. The van der Waals surface area contributed by atoms with Crippen LogP contribution in [-0.4, -0.2) is 32.9 Å². The summed E-state index contributed by atoms with van der Waals surface area (Å²) >= 11 is 1.77. The Hall–Kier alpha value is -2.34. The highest BCUT2D eigenvalue weighted by Crippen LogP contribution is 2.20. The molecule has 0 saturated heterocycles. The van der Waals surface area contributed by atoms with Gasteiger partial charge in [0, 0.05) is 18.8 Å². The molecule has 2 N–H and O–H groups in total. The Bertz CT molecular complexity index is 785. The molecular weight excluding hydrogens is 332 g/mol. The van der Waals surface area contributed by atoms with Gasteiger partial charge in [0.1, 0.15) is 5.82 Å². The summed E-state index contributed by atoms with van der Waals surface area (Å²) in [6.45, 7) is 0. The summed E-state index contributed by atoms with van der Waals surface area (Å²) in [7, 11) is 0. The molecule has 0 radical (unpaired) electrons. The number of nitrogens with zero attached hydrogens (tertiary/aromatic N) is 2. The number of aryl methyl sites for hydroxylation is 1. The number of carbonyl (C=O) groups excluding carboxylic acids is 1. The van der Waals surface area contributed by atoms with Crippen molar-refractivity contribution in [2.75, 3.05) is 12.0 Å². The Labute approximate surface area is 151 Å². The van der Waals surface area contributed by atoms with E-state index >= 15 is 0 Å². The molecule has 0 bridgehead atoms. The third kappa shape index (κ3) is 4.82. The summed E-state index contributed by atoms with van der Waals surface area (Å²) in [5.41, 5.74) is 2.99. The smallest absolute Gasteiger partial charge is 0.220 e. The summed E-state index contributed by atoms with van der Waals surface area (Å²) in [4.78, 5) is 24.5. The van der Waals surface area contributed by atoms with Crippen LogP contribution in [0.5, 0.6) is 0 Å². The fourth-order valence-electron chi connectivity index (χ4n) is 2.72. The second-order valence-corrected chi connectivity index (χ2v) is 6.89. The van der Waals surface area contributed by atoms with Crippen molar-refractivity contribution in [1.29, 1.82) is 0 Å². The molecule has 130 valence electrons. The Morgan fingerprint density at radius 1 is 1.28 bits per heavy atom. The first-order valence-electron chi connectivity index (χ1n) is 8.38. The Morgan fingerprint density at radius 2 is 2.16 bits per heavy atom. The number of amides is 1. The third-order valence-electron chi connectivity index (χ3n) is 4.05. The first-order valence-corrected chi connectivity index (χ1v) is 9.77. The normalized spacial score (nSPS) is 12.2. The average Bonchev–Trinajstić information content (AvgIpc) is 3.08. The number of imidazole rings is 1. The van der Waals surface area contributed by atoms with Gasteiger partial charge in [-0.05, 0) is 48.6 Å². The second kappa shape index (κ2) is 8.67. The molecule has 25 heavy (non-hydrogen) atoms. The Kier molecular flexibility index (Phi) is 6.06. The summed E-state index contributed by atoms with van der Waals surface area (Å²) in [5, 5.41) is 3.13. The van der Waals surface area contributed by atoms with Crippen LogP contribution in [0.25, 0.3) is 11.0 Å². The van der Waals surface area contributed by atoms with Crippen molar-refractivity contribution in [2.24, 2.45) is 0 Å². The maximum absolute atomic E-state index is 12.4. The molecule has 1 atom stereocenters. The lowest BCUT2D eigenvalue weighted by atomic mass is 10.1. The van der Waals surface area contributed by atoms with E-state index in [1.807, 2.05) is 36.4 Å². The molecule has 0 aliphatic carbocycles. The van der Waals surface area contributed by atoms with E-state index in [0.29, 0.717) is 12.8 Å². The van der Waals surface area contributed by atoms with E-state index < -0.39 is 0 Å². The minimum absolute atomic E-state index is 0.0374. The zero-order chi connectivity index (χ0) is 17.5. The zero-order valence-corrected chi connectivity index (χ0v) is 15.1. The number of fused-ring (bicyclic) bond motifs is 1. The highest BCUT2D eigenvalue weighted by Gasteiger charge is 2.18. The van der Waals surface area contributed by atoms with Gasteiger partial charge in [-0.15, -0.1) is 0 Å². The van der Waals surface area contributed by atoms with Crippen LogP contribution in [0.4, 0.5) is 0 Å². The quantitative estimate of drug-likeness (QED) is 0.649. The summed E-state index contributed by atoms with van der Waals surface area (Å²) < 4.78 is 0. The van der Waals surface area contributed by atoms with Crippen LogP contribution in [0, 0.1) is 0 Å². The zero-order valence-electron chi connectivity index (χ0n) is 14.2. The minimum Gasteiger partial charge on any atom is -0.346 e. The second-order valence-electron chi connectivity index (χ2n) is 5.90. The number of benzene rings is 1. The summed E-state index contributed by atoms with van der Waals surface area (Å²) in [6, 6.07) is 11.7. The Balaban J connectivity index is 1.66. The lowest BCUT2D eigenvalue weighted by Gasteiger charge is -2.16. The maximum Gasteiger partial charge on any atom is 0.220 e. The molecule has 3 rings (SSSR count). The van der Waals surface area contributed by atoms with Crippen LogP contribution < -0.4 is 5.32 Å². The van der Waals surface area contributed by atoms with Crippen molar-refractivity contribution in [3.8, 4) is 0 Å². The van der Waals surface area contributed by atoms with Gasteiger partial charge in [0.25, 0.3) is 0 Å². The molecule has 0 fully saturated rings. The van der Waals surface area contributed by atoms with Crippen LogP contribution in [0.2, 0.25) is 0 Å². The SMILES string of the molecule is CSCCC(NC(=O)CCc1cccnc1)c1nc2ccccc2[nH]1. The number of pyridine rings is 1. The first kappa shape index (κ1) is 17.5.